The average Bonchev–Trinajstić information content (AvgIpc) is 3.93. The van der Waals surface area contributed by atoms with Crippen molar-refractivity contribution < 1.29 is 8.83 Å². The van der Waals surface area contributed by atoms with Gasteiger partial charge in [-0.25, -0.2) is 9.97 Å². The van der Waals surface area contributed by atoms with Gasteiger partial charge in [-0.05, 0) is 71.8 Å². The summed E-state index contributed by atoms with van der Waals surface area (Å²) in [5, 5.41) is 7.59. The van der Waals surface area contributed by atoms with Crippen LogP contribution in [0.25, 0.3) is 116 Å². The van der Waals surface area contributed by atoms with Crippen molar-refractivity contribution in [3.8, 4) is 39.5 Å². The zero-order valence-corrected chi connectivity index (χ0v) is 29.4. The SMILES string of the molecule is c1ccc(-c2nc(-c3cccc4oc5ccc(-c6ccc7c(c6)c6ccc8c9ccccc9oc8c6n7-c6ccccc6)cc5c34)nc3ccccc23)cc1. The molecule has 0 radical (unpaired) electrons. The lowest BCUT2D eigenvalue weighted by atomic mass is 9.99. The van der Waals surface area contributed by atoms with E-state index >= 15 is 0 Å². The monoisotopic (exact) mass is 703 g/mol. The largest absolute Gasteiger partial charge is 0.456 e. The Morgan fingerprint density at radius 3 is 1.98 bits per heavy atom. The van der Waals surface area contributed by atoms with Gasteiger partial charge in [-0.3, -0.25) is 0 Å². The van der Waals surface area contributed by atoms with Gasteiger partial charge in [0.2, 0.25) is 0 Å². The molecule has 0 saturated carbocycles. The Balaban J connectivity index is 1.07. The maximum atomic E-state index is 6.61. The number of hydrogen-bond donors (Lipinski definition) is 0. The van der Waals surface area contributed by atoms with E-state index in [9.17, 15) is 0 Å². The Kier molecular flexibility index (Phi) is 6.27. The maximum absolute atomic E-state index is 6.61. The molecule has 8 aromatic carbocycles. The van der Waals surface area contributed by atoms with Crippen LogP contribution in [0.3, 0.4) is 0 Å². The van der Waals surface area contributed by atoms with Gasteiger partial charge in [-0.1, -0.05) is 115 Å². The van der Waals surface area contributed by atoms with Gasteiger partial charge in [0, 0.05) is 54.5 Å². The molecule has 12 aromatic rings. The molecule has 0 saturated heterocycles. The molecule has 0 atom stereocenters. The van der Waals surface area contributed by atoms with Crippen LogP contribution in [0.15, 0.2) is 185 Å². The van der Waals surface area contributed by atoms with Gasteiger partial charge in [-0.2, -0.15) is 0 Å². The van der Waals surface area contributed by atoms with E-state index in [2.05, 4.69) is 126 Å². The van der Waals surface area contributed by atoms with Crippen LogP contribution in [0.1, 0.15) is 0 Å². The Hall–Kier alpha value is -7.50. The smallest absolute Gasteiger partial charge is 0.161 e. The normalized spacial score (nSPS) is 12.0. The van der Waals surface area contributed by atoms with E-state index in [0.29, 0.717) is 5.82 Å². The molecule has 5 heteroatoms. The molecule has 0 bridgehead atoms. The van der Waals surface area contributed by atoms with Gasteiger partial charge in [-0.15, -0.1) is 0 Å². The van der Waals surface area contributed by atoms with E-state index in [-0.39, 0.29) is 0 Å². The molecule has 0 unspecified atom stereocenters. The van der Waals surface area contributed by atoms with Gasteiger partial charge in [0.25, 0.3) is 0 Å². The van der Waals surface area contributed by atoms with Crippen LogP contribution in [0.5, 0.6) is 0 Å². The first-order valence-electron chi connectivity index (χ1n) is 18.5. The summed E-state index contributed by atoms with van der Waals surface area (Å²) in [5.41, 5.74) is 12.7. The predicted octanol–water partition coefficient (Wildman–Crippen LogP) is 13.5. The van der Waals surface area contributed by atoms with Crippen molar-refractivity contribution in [3.05, 3.63) is 176 Å². The molecule has 256 valence electrons. The Morgan fingerprint density at radius 2 is 1.11 bits per heavy atom. The predicted molar refractivity (Wildman–Crippen MR) is 225 cm³/mol. The number of fused-ring (bicyclic) bond motifs is 11. The fourth-order valence-corrected chi connectivity index (χ4v) is 8.51. The van der Waals surface area contributed by atoms with E-state index in [1.54, 1.807) is 0 Å². The number of aromatic nitrogens is 3. The van der Waals surface area contributed by atoms with E-state index in [4.69, 9.17) is 18.8 Å². The van der Waals surface area contributed by atoms with Crippen LogP contribution in [0.2, 0.25) is 0 Å². The van der Waals surface area contributed by atoms with Crippen molar-refractivity contribution >= 4 is 76.6 Å². The molecule has 0 aliphatic rings. The van der Waals surface area contributed by atoms with Gasteiger partial charge in [0.05, 0.1) is 22.2 Å². The van der Waals surface area contributed by atoms with Crippen molar-refractivity contribution in [2.24, 2.45) is 0 Å². The average molecular weight is 704 g/mol. The second kappa shape index (κ2) is 11.5. The van der Waals surface area contributed by atoms with Gasteiger partial charge in [0.1, 0.15) is 16.7 Å². The molecule has 5 nitrogen and oxygen atoms in total. The summed E-state index contributed by atoms with van der Waals surface area (Å²) >= 11 is 0. The van der Waals surface area contributed by atoms with Crippen molar-refractivity contribution in [2.45, 2.75) is 0 Å². The lowest BCUT2D eigenvalue weighted by Gasteiger charge is -2.10. The highest BCUT2D eigenvalue weighted by Gasteiger charge is 2.21. The molecule has 0 aliphatic carbocycles. The molecule has 0 amide bonds. The van der Waals surface area contributed by atoms with Crippen molar-refractivity contribution in [1.29, 1.82) is 0 Å². The quantitative estimate of drug-likeness (QED) is 0.183. The summed E-state index contributed by atoms with van der Waals surface area (Å²) in [6.07, 6.45) is 0. The highest BCUT2D eigenvalue weighted by atomic mass is 16.3. The summed E-state index contributed by atoms with van der Waals surface area (Å²) in [7, 11) is 0. The Labute approximate surface area is 314 Å². The molecular formula is C50H29N3O2. The van der Waals surface area contributed by atoms with Crippen LogP contribution < -0.4 is 0 Å². The zero-order valence-electron chi connectivity index (χ0n) is 29.4. The van der Waals surface area contributed by atoms with E-state index in [0.717, 1.165) is 110 Å². The zero-order chi connectivity index (χ0) is 36.0. The maximum Gasteiger partial charge on any atom is 0.161 e. The summed E-state index contributed by atoms with van der Waals surface area (Å²) in [5.74, 6) is 0.670. The van der Waals surface area contributed by atoms with Crippen LogP contribution in [0.4, 0.5) is 0 Å². The molecule has 0 fully saturated rings. The van der Waals surface area contributed by atoms with Crippen LogP contribution >= 0.6 is 0 Å². The summed E-state index contributed by atoms with van der Waals surface area (Å²) < 4.78 is 15.4. The van der Waals surface area contributed by atoms with Gasteiger partial charge < -0.3 is 13.4 Å². The number of rotatable bonds is 4. The molecule has 0 spiro atoms. The van der Waals surface area contributed by atoms with Crippen LogP contribution in [0, 0.1) is 0 Å². The molecule has 4 aromatic heterocycles. The van der Waals surface area contributed by atoms with Crippen molar-refractivity contribution in [3.63, 3.8) is 0 Å². The van der Waals surface area contributed by atoms with Crippen molar-refractivity contribution in [2.75, 3.05) is 0 Å². The molecule has 55 heavy (non-hydrogen) atoms. The molecule has 12 rings (SSSR count). The minimum atomic E-state index is 0.670. The van der Waals surface area contributed by atoms with Crippen molar-refractivity contribution in [1.82, 2.24) is 14.5 Å². The van der Waals surface area contributed by atoms with E-state index in [1.807, 2.05) is 54.6 Å². The first-order valence-corrected chi connectivity index (χ1v) is 18.5. The Bertz CT molecular complexity index is 3480. The van der Waals surface area contributed by atoms with Gasteiger partial charge in [0.15, 0.2) is 11.4 Å². The topological polar surface area (TPSA) is 57.0 Å². The third-order valence-corrected chi connectivity index (χ3v) is 11.0. The summed E-state index contributed by atoms with van der Waals surface area (Å²) in [6.45, 7) is 0. The second-order valence-corrected chi connectivity index (χ2v) is 14.1. The van der Waals surface area contributed by atoms with E-state index in [1.165, 1.54) is 0 Å². The third-order valence-electron chi connectivity index (χ3n) is 11.0. The first kappa shape index (κ1) is 30.0. The number of hydrogen-bond acceptors (Lipinski definition) is 4. The lowest BCUT2D eigenvalue weighted by molar-refractivity contribution is 0.669. The fraction of sp³-hybridized carbons (Fsp3) is 0. The molecular weight excluding hydrogens is 675 g/mol. The number of nitrogens with zero attached hydrogens (tertiary/aromatic N) is 3. The summed E-state index contributed by atoms with van der Waals surface area (Å²) in [4.78, 5) is 10.3. The highest BCUT2D eigenvalue weighted by Crippen LogP contribution is 2.43. The Morgan fingerprint density at radius 1 is 0.418 bits per heavy atom. The number of benzene rings is 8. The highest BCUT2D eigenvalue weighted by molar-refractivity contribution is 6.22. The standard InChI is InChI=1S/C50H29N3O2/c1-3-12-30(13-4-1)47-37-17-7-9-19-41(37)51-50(52-47)38-18-11-21-45-46(38)40-29-32(23-27-44(40)54-45)31-22-26-42-39(28-31)35-24-25-36-34-16-8-10-20-43(34)55-49(36)48(35)53(42)33-14-5-2-6-15-33/h1-29H. The minimum Gasteiger partial charge on any atom is -0.456 e. The molecule has 0 N–H and O–H groups in total. The lowest BCUT2D eigenvalue weighted by Crippen LogP contribution is -1.95. The second-order valence-electron chi connectivity index (χ2n) is 14.1. The minimum absolute atomic E-state index is 0.670. The fourth-order valence-electron chi connectivity index (χ4n) is 8.51. The number of para-hydroxylation sites is 3. The first-order chi connectivity index (χ1) is 27.3. The van der Waals surface area contributed by atoms with Crippen LogP contribution in [-0.2, 0) is 0 Å². The van der Waals surface area contributed by atoms with Gasteiger partial charge >= 0.3 is 0 Å². The number of furan rings is 2. The molecule has 0 aliphatic heterocycles. The summed E-state index contributed by atoms with van der Waals surface area (Å²) in [6, 6.07) is 61.3. The molecule has 4 heterocycles. The van der Waals surface area contributed by atoms with E-state index < -0.39 is 0 Å². The van der Waals surface area contributed by atoms with Crippen LogP contribution in [-0.4, -0.2) is 14.5 Å². The third kappa shape index (κ3) is 4.47.